The van der Waals surface area contributed by atoms with Gasteiger partial charge in [-0.15, -0.1) is 0 Å². The van der Waals surface area contributed by atoms with Crippen molar-refractivity contribution in [2.45, 2.75) is 31.1 Å². The molecule has 1 unspecified atom stereocenters. The van der Waals surface area contributed by atoms with Crippen molar-refractivity contribution in [3.63, 3.8) is 0 Å². The minimum Gasteiger partial charge on any atom is -0.353 e. The van der Waals surface area contributed by atoms with E-state index in [-0.39, 0.29) is 11.8 Å². The number of carbonyl (C=O) groups excluding carboxylic acids is 3. The molecule has 0 bridgehead atoms. The van der Waals surface area contributed by atoms with Gasteiger partial charge in [-0.25, -0.2) is 0 Å². The Bertz CT molecular complexity index is 873. The van der Waals surface area contributed by atoms with Gasteiger partial charge in [0.1, 0.15) is 6.04 Å². The zero-order valence-electron chi connectivity index (χ0n) is 17.1. The van der Waals surface area contributed by atoms with Crippen LogP contribution in [0.15, 0.2) is 54.7 Å². The second kappa shape index (κ2) is 9.98. The van der Waals surface area contributed by atoms with Crippen LogP contribution in [0.3, 0.4) is 0 Å². The lowest BCUT2D eigenvalue weighted by molar-refractivity contribution is -0.134. The summed E-state index contributed by atoms with van der Waals surface area (Å²) >= 11 is 0. The van der Waals surface area contributed by atoms with Gasteiger partial charge in [0.25, 0.3) is 11.8 Å². The van der Waals surface area contributed by atoms with Gasteiger partial charge >= 0.3 is 0 Å². The van der Waals surface area contributed by atoms with Crippen LogP contribution >= 0.6 is 0 Å². The summed E-state index contributed by atoms with van der Waals surface area (Å²) in [4.78, 5) is 42.9. The van der Waals surface area contributed by atoms with E-state index in [1.165, 1.54) is 4.90 Å². The third kappa shape index (κ3) is 5.87. The molecule has 0 aliphatic carbocycles. The molecule has 0 spiro atoms. The number of likely N-dealkylation sites (N-methyl/N-ethyl adjacent to an activating group) is 1. The van der Waals surface area contributed by atoms with Gasteiger partial charge in [0.05, 0.1) is 0 Å². The largest absolute Gasteiger partial charge is 0.353 e. The summed E-state index contributed by atoms with van der Waals surface area (Å²) < 4.78 is 5.27. The van der Waals surface area contributed by atoms with E-state index in [1.54, 1.807) is 20.3 Å². The third-order valence-corrected chi connectivity index (χ3v) is 4.75. The second-order valence-corrected chi connectivity index (χ2v) is 7.32. The van der Waals surface area contributed by atoms with Gasteiger partial charge in [0, 0.05) is 45.4 Å². The van der Waals surface area contributed by atoms with Gasteiger partial charge < -0.3 is 20.3 Å². The fraction of sp³-hybridized carbons (Fsp3) is 0.364. The Labute approximate surface area is 175 Å². The lowest BCUT2D eigenvalue weighted by Gasteiger charge is -2.21. The minimum absolute atomic E-state index is 0.218. The Morgan fingerprint density at radius 1 is 1.03 bits per heavy atom. The summed E-state index contributed by atoms with van der Waals surface area (Å²) in [6.07, 6.45) is 0.931. The molecule has 0 radical (unpaired) electrons. The number of carbonyl (C=O) groups is 3. The highest BCUT2D eigenvalue weighted by molar-refractivity contribution is 5.97. The van der Waals surface area contributed by atoms with E-state index >= 15 is 0 Å². The predicted octanol–water partition coefficient (Wildman–Crippen LogP) is 0.323. The first-order chi connectivity index (χ1) is 14.5. The maximum absolute atomic E-state index is 12.5. The highest BCUT2D eigenvalue weighted by atomic mass is 16.6. The highest BCUT2D eigenvalue weighted by Crippen LogP contribution is 2.22. The van der Waals surface area contributed by atoms with Crippen molar-refractivity contribution >= 4 is 17.7 Å². The summed E-state index contributed by atoms with van der Waals surface area (Å²) in [6, 6.07) is 14.3. The molecule has 1 saturated heterocycles. The fourth-order valence-electron chi connectivity index (χ4n) is 3.09. The molecule has 3 atom stereocenters. The topological polar surface area (TPSA) is 104 Å². The van der Waals surface area contributed by atoms with Crippen molar-refractivity contribution in [3.05, 3.63) is 66.0 Å². The molecular formula is C22H26N4O4. The van der Waals surface area contributed by atoms with Crippen molar-refractivity contribution in [2.75, 3.05) is 20.6 Å². The van der Waals surface area contributed by atoms with Crippen molar-refractivity contribution in [1.29, 1.82) is 0 Å². The number of ether oxygens (including phenoxy) is 1. The standard InChI is InChI=1S/C22H26N4O4/c1-26(2)22(29)17(14-15-8-4-3-5-9-15)25-21(28)19-18(30-19)20(27)24-13-11-16-10-6-7-12-23-16/h3-10,12,17-19H,11,13-14H2,1-2H3,(H,24,27)(H,25,28)/t17?,18-,19-/m0/s1. The summed E-state index contributed by atoms with van der Waals surface area (Å²) in [5, 5.41) is 5.48. The number of aromatic nitrogens is 1. The van der Waals surface area contributed by atoms with Gasteiger partial charge in [-0.05, 0) is 17.7 Å². The molecule has 3 rings (SSSR count). The second-order valence-electron chi connectivity index (χ2n) is 7.32. The first kappa shape index (κ1) is 21.4. The van der Waals surface area contributed by atoms with Crippen LogP contribution in [0.5, 0.6) is 0 Å². The van der Waals surface area contributed by atoms with E-state index in [9.17, 15) is 14.4 Å². The quantitative estimate of drug-likeness (QED) is 0.580. The number of pyridine rings is 1. The van der Waals surface area contributed by atoms with Crippen LogP contribution in [0, 0.1) is 0 Å². The van der Waals surface area contributed by atoms with E-state index in [1.807, 2.05) is 48.5 Å². The number of hydrogen-bond donors (Lipinski definition) is 2. The number of nitrogens with one attached hydrogen (secondary N) is 2. The van der Waals surface area contributed by atoms with Crippen LogP contribution in [0.25, 0.3) is 0 Å². The van der Waals surface area contributed by atoms with Gasteiger partial charge in [-0.2, -0.15) is 0 Å². The van der Waals surface area contributed by atoms with Gasteiger partial charge in [0.15, 0.2) is 12.2 Å². The van der Waals surface area contributed by atoms with Gasteiger partial charge in [-0.1, -0.05) is 36.4 Å². The first-order valence-electron chi connectivity index (χ1n) is 9.84. The molecule has 8 nitrogen and oxygen atoms in total. The van der Waals surface area contributed by atoms with Crippen LogP contribution in [0.4, 0.5) is 0 Å². The molecule has 3 amide bonds. The maximum atomic E-state index is 12.5. The molecular weight excluding hydrogens is 384 g/mol. The Morgan fingerprint density at radius 2 is 1.73 bits per heavy atom. The zero-order chi connectivity index (χ0) is 21.5. The lowest BCUT2D eigenvalue weighted by atomic mass is 10.0. The van der Waals surface area contributed by atoms with Gasteiger partial charge in [0.2, 0.25) is 5.91 Å². The zero-order valence-corrected chi connectivity index (χ0v) is 17.1. The van der Waals surface area contributed by atoms with Crippen LogP contribution in [-0.4, -0.2) is 66.5 Å². The minimum atomic E-state index is -0.881. The first-order valence-corrected chi connectivity index (χ1v) is 9.84. The molecule has 0 saturated carbocycles. The summed E-state index contributed by atoms with van der Waals surface area (Å²) in [6.45, 7) is 0.403. The normalized spacial score (nSPS) is 18.2. The van der Waals surface area contributed by atoms with Crippen LogP contribution in [0.1, 0.15) is 11.3 Å². The summed E-state index contributed by atoms with van der Waals surface area (Å²) in [5.74, 6) is -1.02. The molecule has 1 aliphatic rings. The molecule has 8 heteroatoms. The molecule has 158 valence electrons. The van der Waals surface area contributed by atoms with Crippen LogP contribution in [-0.2, 0) is 32.0 Å². The Morgan fingerprint density at radius 3 is 2.40 bits per heavy atom. The van der Waals surface area contributed by atoms with Crippen LogP contribution < -0.4 is 10.6 Å². The lowest BCUT2D eigenvalue weighted by Crippen LogP contribution is -2.49. The average molecular weight is 410 g/mol. The summed E-state index contributed by atoms with van der Waals surface area (Å²) in [7, 11) is 3.27. The SMILES string of the molecule is CN(C)C(=O)C(Cc1ccccc1)NC(=O)[C@H]1O[C@@H]1C(=O)NCCc1ccccn1. The number of hydrogen-bond acceptors (Lipinski definition) is 5. The van der Waals surface area contributed by atoms with E-state index in [0.29, 0.717) is 19.4 Å². The van der Waals surface area contributed by atoms with Crippen molar-refractivity contribution in [1.82, 2.24) is 20.5 Å². The molecule has 1 fully saturated rings. The average Bonchev–Trinajstić information content (AvgIpc) is 3.55. The molecule has 1 aromatic heterocycles. The number of nitrogens with zero attached hydrogens (tertiary/aromatic N) is 2. The van der Waals surface area contributed by atoms with E-state index in [2.05, 4.69) is 15.6 Å². The van der Waals surface area contributed by atoms with E-state index < -0.39 is 24.2 Å². The Kier molecular flexibility index (Phi) is 7.13. The predicted molar refractivity (Wildman–Crippen MR) is 110 cm³/mol. The van der Waals surface area contributed by atoms with Gasteiger partial charge in [-0.3, -0.25) is 19.4 Å². The number of rotatable bonds is 9. The molecule has 1 aromatic carbocycles. The molecule has 2 heterocycles. The van der Waals surface area contributed by atoms with Crippen molar-refractivity contribution < 1.29 is 19.1 Å². The highest BCUT2D eigenvalue weighted by Gasteiger charge is 2.50. The van der Waals surface area contributed by atoms with Crippen molar-refractivity contribution in [2.24, 2.45) is 0 Å². The van der Waals surface area contributed by atoms with E-state index in [4.69, 9.17) is 4.74 Å². The molecule has 1 aliphatic heterocycles. The molecule has 2 aromatic rings. The Hall–Kier alpha value is -3.26. The third-order valence-electron chi connectivity index (χ3n) is 4.75. The smallest absolute Gasteiger partial charge is 0.253 e. The molecule has 2 N–H and O–H groups in total. The maximum Gasteiger partial charge on any atom is 0.253 e. The monoisotopic (exact) mass is 410 g/mol. The number of amides is 3. The number of benzene rings is 1. The van der Waals surface area contributed by atoms with Crippen LogP contribution in [0.2, 0.25) is 0 Å². The van der Waals surface area contributed by atoms with E-state index in [0.717, 1.165) is 11.3 Å². The van der Waals surface area contributed by atoms with Crippen molar-refractivity contribution in [3.8, 4) is 0 Å². The Balaban J connectivity index is 1.50. The summed E-state index contributed by atoms with van der Waals surface area (Å²) in [5.41, 5.74) is 1.80. The number of epoxide rings is 1. The fourth-order valence-corrected chi connectivity index (χ4v) is 3.09. The molecule has 30 heavy (non-hydrogen) atoms.